The first-order chi connectivity index (χ1) is 18.9. The molecule has 1 aliphatic rings. The summed E-state index contributed by atoms with van der Waals surface area (Å²) in [4.78, 5) is 27.8. The number of carbonyl (C=O) groups is 2. The molecule has 39 heavy (non-hydrogen) atoms. The summed E-state index contributed by atoms with van der Waals surface area (Å²) in [7, 11) is 1.65. The minimum Gasteiger partial charge on any atom is -0.481 e. The second-order valence-corrected chi connectivity index (χ2v) is 10.3. The van der Waals surface area contributed by atoms with Gasteiger partial charge in [0.1, 0.15) is 0 Å². The molecule has 0 radical (unpaired) electrons. The Morgan fingerprint density at radius 2 is 1.69 bits per heavy atom. The molecule has 5 rings (SSSR count). The van der Waals surface area contributed by atoms with Crippen LogP contribution in [0.2, 0.25) is 10.0 Å². The van der Waals surface area contributed by atoms with Crippen molar-refractivity contribution in [2.75, 3.05) is 20.2 Å². The van der Waals surface area contributed by atoms with Gasteiger partial charge in [-0.3, -0.25) is 9.59 Å². The number of amides is 1. The maximum Gasteiger partial charge on any atom is 0.307 e. The number of rotatable bonds is 7. The summed E-state index contributed by atoms with van der Waals surface area (Å²) in [6.07, 6.45) is 0.101. The van der Waals surface area contributed by atoms with Gasteiger partial charge >= 0.3 is 5.97 Å². The second-order valence-electron chi connectivity index (χ2n) is 9.45. The number of methoxy groups -OCH3 is 1. The monoisotopic (exact) mass is 563 g/mol. The third kappa shape index (κ3) is 5.57. The summed E-state index contributed by atoms with van der Waals surface area (Å²) in [5.41, 5.74) is 3.24. The summed E-state index contributed by atoms with van der Waals surface area (Å²) in [5.74, 6) is -1.28. The van der Waals surface area contributed by atoms with E-state index in [4.69, 9.17) is 33.0 Å². The van der Waals surface area contributed by atoms with Gasteiger partial charge in [0.15, 0.2) is 5.69 Å². The first-order valence-electron chi connectivity index (χ1n) is 12.6. The lowest BCUT2D eigenvalue weighted by atomic mass is 9.86. The first kappa shape index (κ1) is 26.9. The third-order valence-corrected chi connectivity index (χ3v) is 7.66. The molecule has 4 aromatic rings. The van der Waals surface area contributed by atoms with E-state index in [9.17, 15) is 14.7 Å². The molecular weight excluding hydrogens is 537 g/mol. The van der Waals surface area contributed by atoms with Crippen molar-refractivity contribution in [3.05, 3.63) is 106 Å². The van der Waals surface area contributed by atoms with Gasteiger partial charge in [0.2, 0.25) is 0 Å². The zero-order chi connectivity index (χ0) is 27.5. The normalized spacial score (nSPS) is 17.3. The predicted octanol–water partition coefficient (Wildman–Crippen LogP) is 6.12. The Labute approximate surface area is 236 Å². The maximum absolute atomic E-state index is 14.0. The quantitative estimate of drug-likeness (QED) is 0.293. The summed E-state index contributed by atoms with van der Waals surface area (Å²) in [6.45, 7) is 0.844. The van der Waals surface area contributed by atoms with Crippen molar-refractivity contribution in [3.63, 3.8) is 0 Å². The van der Waals surface area contributed by atoms with Crippen LogP contribution in [0, 0.1) is 0 Å². The lowest BCUT2D eigenvalue weighted by molar-refractivity contribution is -0.136. The molecule has 1 saturated heterocycles. The number of aliphatic carboxylic acids is 1. The van der Waals surface area contributed by atoms with Crippen LogP contribution in [0.1, 0.15) is 34.0 Å². The van der Waals surface area contributed by atoms with E-state index in [0.717, 1.165) is 5.56 Å². The molecule has 9 heteroatoms. The predicted molar refractivity (Wildman–Crippen MR) is 151 cm³/mol. The average Bonchev–Trinajstić information content (AvgIpc) is 3.31. The van der Waals surface area contributed by atoms with Crippen molar-refractivity contribution < 1.29 is 19.4 Å². The Morgan fingerprint density at radius 3 is 2.36 bits per heavy atom. The fourth-order valence-electron chi connectivity index (χ4n) is 5.21. The van der Waals surface area contributed by atoms with E-state index in [1.807, 2.05) is 24.3 Å². The number of aromatic nitrogens is 2. The number of likely N-dealkylation sites (tertiary alicyclic amines) is 1. The third-order valence-electron chi connectivity index (χ3n) is 7.09. The van der Waals surface area contributed by atoms with Crippen LogP contribution >= 0.6 is 23.2 Å². The lowest BCUT2D eigenvalue weighted by Crippen LogP contribution is -2.46. The number of carboxylic acid groups (broad SMARTS) is 1. The van der Waals surface area contributed by atoms with E-state index in [0.29, 0.717) is 52.1 Å². The van der Waals surface area contributed by atoms with Crippen LogP contribution in [-0.4, -0.2) is 58.0 Å². The number of carbonyl (C=O) groups excluding carboxylic acids is 1. The molecule has 2 atom stereocenters. The Bertz CT molecular complexity index is 1490. The van der Waals surface area contributed by atoms with E-state index >= 15 is 0 Å². The molecule has 1 aliphatic heterocycles. The SMILES string of the molecule is COC1CN(C(=O)c2nn(-c3ccccc3Cl)c(-c3ccc(Cl)cc3)c2CC(=O)O)CCC1c1ccccc1. The highest BCUT2D eigenvalue weighted by atomic mass is 35.5. The molecule has 7 nitrogen and oxygen atoms in total. The van der Waals surface area contributed by atoms with Gasteiger partial charge in [-0.15, -0.1) is 0 Å². The van der Waals surface area contributed by atoms with E-state index in [2.05, 4.69) is 12.1 Å². The van der Waals surface area contributed by atoms with Gasteiger partial charge < -0.3 is 14.7 Å². The van der Waals surface area contributed by atoms with E-state index in [-0.39, 0.29) is 23.6 Å². The van der Waals surface area contributed by atoms with Crippen molar-refractivity contribution in [1.29, 1.82) is 0 Å². The molecule has 200 valence electrons. The minimum absolute atomic E-state index is 0.0790. The molecular formula is C30H27Cl2N3O4. The summed E-state index contributed by atoms with van der Waals surface area (Å²) >= 11 is 12.7. The van der Waals surface area contributed by atoms with Crippen LogP contribution in [0.5, 0.6) is 0 Å². The number of nitrogens with zero attached hydrogens (tertiary/aromatic N) is 3. The fraction of sp³-hybridized carbons (Fsp3) is 0.233. The van der Waals surface area contributed by atoms with E-state index < -0.39 is 12.4 Å². The van der Waals surface area contributed by atoms with Gasteiger partial charge in [-0.25, -0.2) is 4.68 Å². The summed E-state index contributed by atoms with van der Waals surface area (Å²) in [5, 5.41) is 15.5. The van der Waals surface area contributed by atoms with Crippen LogP contribution in [0.3, 0.4) is 0 Å². The van der Waals surface area contributed by atoms with E-state index in [1.54, 1.807) is 59.2 Å². The Kier molecular flexibility index (Phi) is 8.02. The minimum atomic E-state index is -1.07. The number of carboxylic acids is 1. The average molecular weight is 564 g/mol. The largest absolute Gasteiger partial charge is 0.481 e. The molecule has 1 aromatic heterocycles. The molecule has 2 heterocycles. The van der Waals surface area contributed by atoms with Crippen molar-refractivity contribution in [2.24, 2.45) is 0 Å². The molecule has 0 spiro atoms. The second kappa shape index (κ2) is 11.6. The number of ether oxygens (including phenoxy) is 1. The highest BCUT2D eigenvalue weighted by Gasteiger charge is 2.36. The van der Waals surface area contributed by atoms with Gasteiger partial charge in [-0.1, -0.05) is 77.8 Å². The first-order valence-corrected chi connectivity index (χ1v) is 13.3. The molecule has 1 N–H and O–H groups in total. The van der Waals surface area contributed by atoms with Gasteiger partial charge in [0, 0.05) is 42.3 Å². The Morgan fingerprint density at radius 1 is 1.00 bits per heavy atom. The summed E-state index contributed by atoms with van der Waals surface area (Å²) in [6, 6.07) is 24.2. The number of piperidine rings is 1. The lowest BCUT2D eigenvalue weighted by Gasteiger charge is -2.38. The fourth-order valence-corrected chi connectivity index (χ4v) is 5.56. The highest BCUT2D eigenvalue weighted by Crippen LogP contribution is 2.35. The number of halogens is 2. The molecule has 0 saturated carbocycles. The van der Waals surface area contributed by atoms with Gasteiger partial charge in [-0.2, -0.15) is 5.10 Å². The van der Waals surface area contributed by atoms with Crippen LogP contribution in [0.25, 0.3) is 16.9 Å². The van der Waals surface area contributed by atoms with Gasteiger partial charge in [0.25, 0.3) is 5.91 Å². The van der Waals surface area contributed by atoms with Crippen molar-refractivity contribution >= 4 is 35.1 Å². The Balaban J connectivity index is 1.59. The topological polar surface area (TPSA) is 84.7 Å². The Hall–Kier alpha value is -3.65. The molecule has 0 aliphatic carbocycles. The van der Waals surface area contributed by atoms with Crippen LogP contribution in [-0.2, 0) is 16.0 Å². The standard InChI is InChI=1S/C30H27Cl2N3O4/c1-39-26-18-34(16-15-22(26)19-7-3-2-4-8-19)30(38)28-23(17-27(36)37)29(20-11-13-21(31)14-12-20)35(33-28)25-10-6-5-9-24(25)32/h2-14,22,26H,15-18H2,1H3,(H,36,37). The molecule has 1 amide bonds. The van der Waals surface area contributed by atoms with Crippen LogP contribution in [0.15, 0.2) is 78.9 Å². The maximum atomic E-state index is 14.0. The molecule has 0 bridgehead atoms. The van der Waals surface area contributed by atoms with Gasteiger partial charge in [0.05, 0.1) is 28.9 Å². The number of hydrogen-bond donors (Lipinski definition) is 1. The zero-order valence-corrected chi connectivity index (χ0v) is 22.8. The molecule has 1 fully saturated rings. The number of hydrogen-bond acceptors (Lipinski definition) is 4. The number of benzene rings is 3. The van der Waals surface area contributed by atoms with Crippen molar-refractivity contribution in [2.45, 2.75) is 24.9 Å². The highest BCUT2D eigenvalue weighted by molar-refractivity contribution is 6.32. The van der Waals surface area contributed by atoms with Crippen LogP contribution in [0.4, 0.5) is 0 Å². The smallest absolute Gasteiger partial charge is 0.307 e. The van der Waals surface area contributed by atoms with Crippen LogP contribution < -0.4 is 0 Å². The number of para-hydroxylation sites is 1. The molecule has 2 unspecified atom stereocenters. The van der Waals surface area contributed by atoms with E-state index in [1.165, 1.54) is 0 Å². The van der Waals surface area contributed by atoms with Gasteiger partial charge in [-0.05, 0) is 36.2 Å². The summed E-state index contributed by atoms with van der Waals surface area (Å²) < 4.78 is 7.38. The zero-order valence-electron chi connectivity index (χ0n) is 21.3. The molecule has 3 aromatic carbocycles. The van der Waals surface area contributed by atoms with Crippen molar-refractivity contribution in [1.82, 2.24) is 14.7 Å². The van der Waals surface area contributed by atoms with Crippen molar-refractivity contribution in [3.8, 4) is 16.9 Å².